The summed E-state index contributed by atoms with van der Waals surface area (Å²) >= 11 is 0. The number of fused-ring (bicyclic) bond motifs is 1. The summed E-state index contributed by atoms with van der Waals surface area (Å²) in [5.74, 6) is 0.488. The topological polar surface area (TPSA) is 64.3 Å². The van der Waals surface area contributed by atoms with Gasteiger partial charge in [-0.25, -0.2) is 4.52 Å². The minimum atomic E-state index is 0.0759. The Morgan fingerprint density at radius 3 is 2.82 bits per heavy atom. The lowest BCUT2D eigenvalue weighted by atomic mass is 9.86. The second-order valence-corrected chi connectivity index (χ2v) is 8.16. The van der Waals surface area contributed by atoms with Crippen molar-refractivity contribution in [2.75, 3.05) is 52.9 Å². The number of pyridine rings is 1. The maximum atomic E-state index is 13.2. The van der Waals surface area contributed by atoms with Gasteiger partial charge in [-0.1, -0.05) is 6.07 Å². The molecule has 4 rings (SSSR count). The summed E-state index contributed by atoms with van der Waals surface area (Å²) in [5.41, 5.74) is 1.54. The Labute approximate surface area is 166 Å². The van der Waals surface area contributed by atoms with E-state index in [9.17, 15) is 9.90 Å². The van der Waals surface area contributed by atoms with E-state index in [0.717, 1.165) is 64.0 Å². The van der Waals surface area contributed by atoms with Gasteiger partial charge in [0.15, 0.2) is 0 Å². The van der Waals surface area contributed by atoms with Crippen LogP contribution in [0, 0.1) is 5.92 Å². The molecule has 28 heavy (non-hydrogen) atoms. The molecule has 2 aliphatic rings. The average Bonchev–Trinajstić information content (AvgIpc) is 3.16. The number of piperidine rings is 1. The molecule has 152 valence electrons. The van der Waals surface area contributed by atoms with Gasteiger partial charge in [-0.2, -0.15) is 5.10 Å². The third-order valence-electron chi connectivity index (χ3n) is 6.38. The Hall–Kier alpha value is -1.96. The highest BCUT2D eigenvalue weighted by Crippen LogP contribution is 2.28. The molecule has 2 aromatic heterocycles. The van der Waals surface area contributed by atoms with Crippen LogP contribution in [0.5, 0.6) is 0 Å². The van der Waals surface area contributed by atoms with E-state index >= 15 is 0 Å². The van der Waals surface area contributed by atoms with Crippen LogP contribution in [0.1, 0.15) is 29.6 Å². The molecule has 2 saturated heterocycles. The van der Waals surface area contributed by atoms with Gasteiger partial charge >= 0.3 is 0 Å². The number of carbonyl (C=O) groups excluding carboxylic acids is 1. The van der Waals surface area contributed by atoms with Gasteiger partial charge in [0.2, 0.25) is 0 Å². The van der Waals surface area contributed by atoms with Crippen molar-refractivity contribution in [3.8, 4) is 0 Å². The van der Waals surface area contributed by atoms with Gasteiger partial charge in [0.05, 0.1) is 17.3 Å². The highest BCUT2D eigenvalue weighted by Gasteiger charge is 2.36. The molecule has 0 aliphatic carbocycles. The quantitative estimate of drug-likeness (QED) is 0.838. The van der Waals surface area contributed by atoms with Crippen molar-refractivity contribution in [3.63, 3.8) is 0 Å². The van der Waals surface area contributed by atoms with Crippen LogP contribution in [0.15, 0.2) is 30.6 Å². The monoisotopic (exact) mass is 385 g/mol. The molecule has 0 spiro atoms. The van der Waals surface area contributed by atoms with Crippen LogP contribution in [-0.2, 0) is 0 Å². The van der Waals surface area contributed by atoms with E-state index in [-0.39, 0.29) is 12.5 Å². The van der Waals surface area contributed by atoms with Crippen molar-refractivity contribution in [1.29, 1.82) is 0 Å². The number of nitrogens with zero attached hydrogens (tertiary/aromatic N) is 5. The van der Waals surface area contributed by atoms with Crippen molar-refractivity contribution in [2.45, 2.75) is 25.3 Å². The standard InChI is InChI=1S/C21H31N5O2/c1-23-10-12-24(13-11-23)19-7-9-25(16-17(19)5-4-14-27)21(28)18-15-22-26-8-3-2-6-20(18)26/h2-3,6,8,15,17,19,27H,4-5,7,9-14,16H2,1H3/t17-,19+/m1/s1. The van der Waals surface area contributed by atoms with Gasteiger partial charge in [-0.15, -0.1) is 0 Å². The fraction of sp³-hybridized carbons (Fsp3) is 0.619. The summed E-state index contributed by atoms with van der Waals surface area (Å²) in [5, 5.41) is 13.7. The van der Waals surface area contributed by atoms with E-state index in [1.54, 1.807) is 10.7 Å². The van der Waals surface area contributed by atoms with Gasteiger partial charge in [0.25, 0.3) is 5.91 Å². The van der Waals surface area contributed by atoms with Crippen LogP contribution in [0.3, 0.4) is 0 Å². The van der Waals surface area contributed by atoms with Gasteiger partial charge in [0.1, 0.15) is 0 Å². The second-order valence-electron chi connectivity index (χ2n) is 8.16. The molecule has 0 bridgehead atoms. The average molecular weight is 386 g/mol. The number of amides is 1. The molecule has 1 N–H and O–H groups in total. The first-order chi connectivity index (χ1) is 13.7. The predicted octanol–water partition coefficient (Wildman–Crippen LogP) is 1.18. The maximum absolute atomic E-state index is 13.2. The van der Waals surface area contributed by atoms with Crippen LogP contribution < -0.4 is 0 Å². The molecule has 7 heteroatoms. The number of carbonyl (C=O) groups is 1. The molecular weight excluding hydrogens is 354 g/mol. The number of aromatic nitrogens is 2. The minimum Gasteiger partial charge on any atom is -0.396 e. The Morgan fingerprint density at radius 1 is 1.21 bits per heavy atom. The first kappa shape index (κ1) is 19.4. The van der Waals surface area contributed by atoms with E-state index < -0.39 is 0 Å². The Bertz CT molecular complexity index is 799. The summed E-state index contributed by atoms with van der Waals surface area (Å²) in [4.78, 5) is 20.2. The zero-order valence-corrected chi connectivity index (χ0v) is 16.7. The number of likely N-dealkylation sites (tertiary alicyclic amines) is 1. The fourth-order valence-corrected chi connectivity index (χ4v) is 4.75. The van der Waals surface area contributed by atoms with Crippen molar-refractivity contribution in [3.05, 3.63) is 36.2 Å². The van der Waals surface area contributed by atoms with E-state index in [1.807, 2.05) is 29.3 Å². The lowest BCUT2D eigenvalue weighted by Gasteiger charge is -2.46. The Kier molecular flexibility index (Phi) is 5.94. The first-order valence-corrected chi connectivity index (χ1v) is 10.4. The van der Waals surface area contributed by atoms with Crippen LogP contribution in [0.25, 0.3) is 5.52 Å². The van der Waals surface area contributed by atoms with Gasteiger partial charge in [-0.05, 0) is 44.4 Å². The molecule has 2 aliphatic heterocycles. The summed E-state index contributed by atoms with van der Waals surface area (Å²) < 4.78 is 1.76. The molecule has 2 fully saturated rings. The van der Waals surface area contributed by atoms with E-state index in [1.165, 1.54) is 0 Å². The molecule has 1 amide bonds. The summed E-state index contributed by atoms with van der Waals surface area (Å²) in [6, 6.07) is 6.31. The SMILES string of the molecule is CN1CCN([C@H]2CCN(C(=O)c3cnn4ccccc34)C[C@H]2CCCO)CC1. The summed E-state index contributed by atoms with van der Waals surface area (Å²) in [7, 11) is 2.18. The smallest absolute Gasteiger partial charge is 0.257 e. The Morgan fingerprint density at radius 2 is 2.04 bits per heavy atom. The number of aliphatic hydroxyl groups excluding tert-OH is 1. The van der Waals surface area contributed by atoms with Crippen LogP contribution in [0.4, 0.5) is 0 Å². The minimum absolute atomic E-state index is 0.0759. The molecule has 2 atom stereocenters. The zero-order valence-electron chi connectivity index (χ0n) is 16.7. The highest BCUT2D eigenvalue weighted by atomic mass is 16.3. The molecule has 4 heterocycles. The number of likely N-dealkylation sites (N-methyl/N-ethyl adjacent to an activating group) is 1. The number of aliphatic hydroxyl groups is 1. The largest absolute Gasteiger partial charge is 0.396 e. The number of hydrogen-bond acceptors (Lipinski definition) is 5. The Balaban J connectivity index is 1.48. The second kappa shape index (κ2) is 8.59. The third-order valence-corrected chi connectivity index (χ3v) is 6.38. The number of piperazine rings is 1. The van der Waals surface area contributed by atoms with Gasteiger partial charge in [-0.3, -0.25) is 9.69 Å². The molecular formula is C21H31N5O2. The third kappa shape index (κ3) is 3.92. The summed E-state index contributed by atoms with van der Waals surface area (Å²) in [6.07, 6.45) is 6.33. The van der Waals surface area contributed by atoms with Crippen molar-refractivity contribution >= 4 is 11.4 Å². The number of hydrogen-bond donors (Lipinski definition) is 1. The van der Waals surface area contributed by atoms with Crippen LogP contribution >= 0.6 is 0 Å². The lowest BCUT2D eigenvalue weighted by Crippen LogP contribution is -2.56. The van der Waals surface area contributed by atoms with Crippen LogP contribution in [-0.4, -0.2) is 94.3 Å². The zero-order chi connectivity index (χ0) is 19.5. The summed E-state index contributed by atoms with van der Waals surface area (Å²) in [6.45, 7) is 6.17. The molecule has 7 nitrogen and oxygen atoms in total. The van der Waals surface area contributed by atoms with Gasteiger partial charge in [0, 0.05) is 58.1 Å². The van der Waals surface area contributed by atoms with E-state index in [0.29, 0.717) is 17.5 Å². The van der Waals surface area contributed by atoms with Crippen molar-refractivity contribution in [2.24, 2.45) is 5.92 Å². The van der Waals surface area contributed by atoms with Crippen LogP contribution in [0.2, 0.25) is 0 Å². The number of rotatable bonds is 5. The molecule has 0 saturated carbocycles. The van der Waals surface area contributed by atoms with E-state index in [4.69, 9.17) is 0 Å². The van der Waals surface area contributed by atoms with Crippen molar-refractivity contribution in [1.82, 2.24) is 24.3 Å². The first-order valence-electron chi connectivity index (χ1n) is 10.4. The molecule has 0 radical (unpaired) electrons. The predicted molar refractivity (Wildman–Crippen MR) is 108 cm³/mol. The molecule has 0 unspecified atom stereocenters. The fourth-order valence-electron chi connectivity index (χ4n) is 4.75. The normalized spacial score (nSPS) is 24.7. The molecule has 2 aromatic rings. The molecule has 0 aromatic carbocycles. The lowest BCUT2D eigenvalue weighted by molar-refractivity contribution is 0.0218. The van der Waals surface area contributed by atoms with Gasteiger partial charge < -0.3 is 14.9 Å². The maximum Gasteiger partial charge on any atom is 0.257 e. The highest BCUT2D eigenvalue weighted by molar-refractivity contribution is 6.00. The van der Waals surface area contributed by atoms with E-state index in [2.05, 4.69) is 21.9 Å². The van der Waals surface area contributed by atoms with Crippen molar-refractivity contribution < 1.29 is 9.90 Å².